The van der Waals surface area contributed by atoms with E-state index in [1.807, 2.05) is 0 Å². The van der Waals surface area contributed by atoms with Gasteiger partial charge in [-0.05, 0) is 37.3 Å². The maximum atomic E-state index is 12.5. The van der Waals surface area contributed by atoms with Crippen molar-refractivity contribution in [3.05, 3.63) is 63.7 Å². The maximum Gasteiger partial charge on any atom is 0.341 e. The van der Waals surface area contributed by atoms with Gasteiger partial charge in [-0.1, -0.05) is 6.07 Å². The summed E-state index contributed by atoms with van der Waals surface area (Å²) in [5, 5.41) is 13.3. The minimum absolute atomic E-state index is 0.0292. The molecule has 0 aliphatic carbocycles. The van der Waals surface area contributed by atoms with Gasteiger partial charge in [0.15, 0.2) is 0 Å². The number of sulfone groups is 1. The number of rotatable bonds is 5. The lowest BCUT2D eigenvalue weighted by atomic mass is 10.1. The first kappa shape index (κ1) is 18.5. The zero-order valence-electron chi connectivity index (χ0n) is 12.8. The fourth-order valence-corrected chi connectivity index (χ4v) is 2.70. The van der Waals surface area contributed by atoms with Gasteiger partial charge in [-0.2, -0.15) is 8.78 Å². The van der Waals surface area contributed by atoms with Gasteiger partial charge in [0.1, 0.15) is 0 Å². The molecule has 2 rings (SSSR count). The summed E-state index contributed by atoms with van der Waals surface area (Å²) in [6, 6.07) is 8.11. The molecule has 0 atom stereocenters. The highest BCUT2D eigenvalue weighted by atomic mass is 32.2. The molecule has 0 aliphatic heterocycles. The average molecular weight is 370 g/mol. The summed E-state index contributed by atoms with van der Waals surface area (Å²) in [6.07, 6.45) is 0. The lowest BCUT2D eigenvalue weighted by Gasteiger charge is -2.08. The number of alkyl halides is 2. The first-order chi connectivity index (χ1) is 11.6. The predicted molar refractivity (Wildman–Crippen MR) is 85.4 cm³/mol. The molecule has 1 N–H and O–H groups in total. The Balaban J connectivity index is 2.22. The number of nitro benzene ring substituents is 1. The Morgan fingerprint density at radius 2 is 1.76 bits per heavy atom. The molecule has 0 heterocycles. The molecule has 1 amide bonds. The lowest BCUT2D eigenvalue weighted by molar-refractivity contribution is -0.385. The maximum absolute atomic E-state index is 12.5. The van der Waals surface area contributed by atoms with E-state index in [0.29, 0.717) is 5.56 Å². The Kier molecular flexibility index (Phi) is 5.12. The van der Waals surface area contributed by atoms with Crippen LogP contribution >= 0.6 is 0 Å². The third-order valence-corrected chi connectivity index (χ3v) is 4.74. The molecular weight excluding hydrogens is 358 g/mol. The lowest BCUT2D eigenvalue weighted by Crippen LogP contribution is -2.13. The summed E-state index contributed by atoms with van der Waals surface area (Å²) in [5.41, 5.74) is 0.358. The number of anilines is 1. The van der Waals surface area contributed by atoms with Crippen molar-refractivity contribution in [3.8, 4) is 0 Å². The third kappa shape index (κ3) is 3.97. The summed E-state index contributed by atoms with van der Waals surface area (Å²) in [4.78, 5) is 21.8. The molecule has 7 nitrogen and oxygen atoms in total. The molecule has 10 heteroatoms. The van der Waals surface area contributed by atoms with Crippen molar-refractivity contribution in [1.82, 2.24) is 0 Å². The van der Waals surface area contributed by atoms with Crippen LogP contribution in [0.4, 0.5) is 20.2 Å². The Morgan fingerprint density at radius 3 is 2.28 bits per heavy atom. The van der Waals surface area contributed by atoms with Crippen LogP contribution in [0.15, 0.2) is 47.4 Å². The van der Waals surface area contributed by atoms with E-state index in [1.165, 1.54) is 19.1 Å². The van der Waals surface area contributed by atoms with Gasteiger partial charge in [0.05, 0.1) is 9.82 Å². The van der Waals surface area contributed by atoms with Gasteiger partial charge in [-0.25, -0.2) is 8.42 Å². The van der Waals surface area contributed by atoms with E-state index in [1.54, 1.807) is 0 Å². The fourth-order valence-electron chi connectivity index (χ4n) is 1.98. The van der Waals surface area contributed by atoms with Gasteiger partial charge in [-0.15, -0.1) is 0 Å². The fraction of sp³-hybridized carbons (Fsp3) is 0.133. The van der Waals surface area contributed by atoms with E-state index >= 15 is 0 Å². The van der Waals surface area contributed by atoms with Crippen LogP contribution in [-0.4, -0.2) is 25.0 Å². The van der Waals surface area contributed by atoms with Crippen molar-refractivity contribution in [3.63, 3.8) is 0 Å². The Morgan fingerprint density at radius 1 is 1.16 bits per heavy atom. The Hall–Kier alpha value is -2.88. The number of hydrogen-bond donors (Lipinski definition) is 1. The molecule has 0 saturated carbocycles. The number of carbonyl (C=O) groups is 1. The largest absolute Gasteiger partial charge is 0.341 e. The molecule has 2 aromatic carbocycles. The summed E-state index contributed by atoms with van der Waals surface area (Å²) < 4.78 is 47.5. The smallest absolute Gasteiger partial charge is 0.322 e. The van der Waals surface area contributed by atoms with Crippen LogP contribution in [0.5, 0.6) is 0 Å². The van der Waals surface area contributed by atoms with Crippen LogP contribution in [-0.2, 0) is 9.84 Å². The normalized spacial score (nSPS) is 11.4. The average Bonchev–Trinajstić information content (AvgIpc) is 2.55. The first-order valence-corrected chi connectivity index (χ1v) is 8.36. The van der Waals surface area contributed by atoms with Crippen molar-refractivity contribution < 1.29 is 26.9 Å². The highest BCUT2D eigenvalue weighted by molar-refractivity contribution is 7.91. The zero-order chi connectivity index (χ0) is 18.8. The van der Waals surface area contributed by atoms with Crippen molar-refractivity contribution in [2.75, 3.05) is 5.32 Å². The molecule has 132 valence electrons. The number of amides is 1. The van der Waals surface area contributed by atoms with Crippen LogP contribution < -0.4 is 5.32 Å². The van der Waals surface area contributed by atoms with Gasteiger partial charge >= 0.3 is 5.76 Å². The second-order valence-corrected chi connectivity index (χ2v) is 6.96. The van der Waals surface area contributed by atoms with Gasteiger partial charge < -0.3 is 5.32 Å². The van der Waals surface area contributed by atoms with Crippen LogP contribution in [0.1, 0.15) is 15.9 Å². The van der Waals surface area contributed by atoms with Crippen LogP contribution in [0.2, 0.25) is 0 Å². The number of benzene rings is 2. The van der Waals surface area contributed by atoms with Crippen molar-refractivity contribution >= 4 is 27.1 Å². The minimum atomic E-state index is -4.72. The number of nitrogens with zero attached hydrogens (tertiary/aromatic N) is 1. The Labute approximate surface area is 141 Å². The van der Waals surface area contributed by atoms with Gasteiger partial charge in [-0.3, -0.25) is 14.9 Å². The summed E-state index contributed by atoms with van der Waals surface area (Å²) >= 11 is 0. The molecule has 0 fully saturated rings. The molecular formula is C15H12F2N2O5S. The van der Waals surface area contributed by atoms with E-state index in [0.717, 1.165) is 30.3 Å². The Bertz CT molecular complexity index is 927. The topological polar surface area (TPSA) is 106 Å². The molecule has 0 unspecified atom stereocenters. The number of hydrogen-bond acceptors (Lipinski definition) is 5. The highest BCUT2D eigenvalue weighted by Crippen LogP contribution is 2.22. The number of nitrogens with one attached hydrogen (secondary N) is 1. The molecule has 0 aliphatic rings. The minimum Gasteiger partial charge on any atom is -0.322 e. The molecule has 2 aromatic rings. The molecule has 0 aromatic heterocycles. The molecule has 0 spiro atoms. The quantitative estimate of drug-likeness (QED) is 0.643. The standard InChI is InChI=1S/C15H12F2N2O5S/c1-9-2-3-10(8-13(9)19(21)22)14(20)18-11-4-6-12(7-5-11)25(23,24)15(16)17/h2-8,15H,1H3,(H,18,20). The van der Waals surface area contributed by atoms with E-state index in [9.17, 15) is 32.1 Å². The summed E-state index contributed by atoms with van der Waals surface area (Å²) in [7, 11) is -4.72. The van der Waals surface area contributed by atoms with Gasteiger partial charge in [0.25, 0.3) is 11.6 Å². The van der Waals surface area contributed by atoms with E-state index < -0.39 is 31.3 Å². The second kappa shape index (κ2) is 6.93. The number of carbonyl (C=O) groups excluding carboxylic acids is 1. The van der Waals surface area contributed by atoms with E-state index in [4.69, 9.17) is 0 Å². The summed E-state index contributed by atoms with van der Waals surface area (Å²) in [5.74, 6) is -4.20. The molecule has 0 saturated heterocycles. The monoisotopic (exact) mass is 370 g/mol. The first-order valence-electron chi connectivity index (χ1n) is 6.81. The van der Waals surface area contributed by atoms with Crippen molar-refractivity contribution in [1.29, 1.82) is 0 Å². The van der Waals surface area contributed by atoms with Crippen LogP contribution in [0.3, 0.4) is 0 Å². The molecule has 0 radical (unpaired) electrons. The van der Waals surface area contributed by atoms with Gasteiger partial charge in [0, 0.05) is 22.9 Å². The second-order valence-electron chi connectivity index (χ2n) is 5.04. The van der Waals surface area contributed by atoms with E-state index in [2.05, 4.69) is 5.32 Å². The SMILES string of the molecule is Cc1ccc(C(=O)Nc2ccc(S(=O)(=O)C(F)F)cc2)cc1[N+](=O)[O-]. The van der Waals surface area contributed by atoms with Crippen molar-refractivity contribution in [2.45, 2.75) is 17.6 Å². The summed E-state index contributed by atoms with van der Waals surface area (Å²) in [6.45, 7) is 1.53. The van der Waals surface area contributed by atoms with Crippen molar-refractivity contribution in [2.24, 2.45) is 0 Å². The van der Waals surface area contributed by atoms with E-state index in [-0.39, 0.29) is 16.9 Å². The van der Waals surface area contributed by atoms with Crippen LogP contribution in [0, 0.1) is 17.0 Å². The number of halogens is 2. The third-order valence-electron chi connectivity index (χ3n) is 3.34. The van der Waals surface area contributed by atoms with Crippen LogP contribution in [0.25, 0.3) is 0 Å². The highest BCUT2D eigenvalue weighted by Gasteiger charge is 2.26. The molecule has 25 heavy (non-hydrogen) atoms. The number of nitro groups is 1. The zero-order valence-corrected chi connectivity index (χ0v) is 13.6. The molecule has 0 bridgehead atoms. The number of aryl methyl sites for hydroxylation is 1. The van der Waals surface area contributed by atoms with Gasteiger partial charge in [0.2, 0.25) is 9.84 Å². The predicted octanol–water partition coefficient (Wildman–Crippen LogP) is 3.15.